The van der Waals surface area contributed by atoms with Crippen LogP contribution in [0.15, 0.2) is 30.3 Å². The van der Waals surface area contributed by atoms with Gasteiger partial charge in [0.05, 0.1) is 0 Å². The maximum Gasteiger partial charge on any atom is 0.417 e. The van der Waals surface area contributed by atoms with E-state index in [1.807, 2.05) is 37.3 Å². The van der Waals surface area contributed by atoms with E-state index < -0.39 is 11.7 Å². The lowest BCUT2D eigenvalue weighted by molar-refractivity contribution is -0.130. The van der Waals surface area contributed by atoms with E-state index in [-0.39, 0.29) is 17.9 Å². The standard InChI is InChI=1S/C17H23NO3/c1-12-10-14(11-13-8-6-5-7-9-13)18(15(12)19)16(20)21-17(2,3)4/h5-9,12,14H,10-11H2,1-4H3/t12-,14+/m0/s1. The number of benzene rings is 1. The van der Waals surface area contributed by atoms with Gasteiger partial charge in [-0.25, -0.2) is 9.69 Å². The number of hydrogen-bond acceptors (Lipinski definition) is 3. The van der Waals surface area contributed by atoms with Gasteiger partial charge in [0, 0.05) is 12.0 Å². The second-order valence-corrected chi connectivity index (χ2v) is 6.67. The summed E-state index contributed by atoms with van der Waals surface area (Å²) in [6.07, 6.45) is 0.834. The van der Waals surface area contributed by atoms with Crippen LogP contribution in [-0.2, 0) is 16.0 Å². The van der Waals surface area contributed by atoms with Gasteiger partial charge >= 0.3 is 6.09 Å². The van der Waals surface area contributed by atoms with Gasteiger partial charge in [0.2, 0.25) is 5.91 Å². The van der Waals surface area contributed by atoms with E-state index in [2.05, 4.69) is 0 Å². The summed E-state index contributed by atoms with van der Waals surface area (Å²) in [7, 11) is 0. The summed E-state index contributed by atoms with van der Waals surface area (Å²) in [5.74, 6) is -0.267. The lowest BCUT2D eigenvalue weighted by Gasteiger charge is -2.27. The monoisotopic (exact) mass is 289 g/mol. The number of rotatable bonds is 2. The second kappa shape index (κ2) is 5.88. The first-order chi connectivity index (χ1) is 9.78. The molecule has 0 aliphatic carbocycles. The minimum atomic E-state index is -0.597. The summed E-state index contributed by atoms with van der Waals surface area (Å²) in [6.45, 7) is 7.29. The molecule has 0 spiro atoms. The molecule has 2 rings (SSSR count). The van der Waals surface area contributed by atoms with Crippen molar-refractivity contribution in [3.05, 3.63) is 35.9 Å². The predicted octanol–water partition coefficient (Wildman–Crippen LogP) is 3.40. The van der Waals surface area contributed by atoms with E-state index in [1.54, 1.807) is 20.8 Å². The molecule has 1 fully saturated rings. The molecule has 0 N–H and O–H groups in total. The van der Waals surface area contributed by atoms with Crippen molar-refractivity contribution in [1.29, 1.82) is 0 Å². The van der Waals surface area contributed by atoms with Crippen molar-refractivity contribution >= 4 is 12.0 Å². The molecule has 1 aliphatic heterocycles. The molecule has 0 aromatic heterocycles. The second-order valence-electron chi connectivity index (χ2n) is 6.67. The first kappa shape index (κ1) is 15.5. The van der Waals surface area contributed by atoms with Gasteiger partial charge in [-0.15, -0.1) is 0 Å². The first-order valence-electron chi connectivity index (χ1n) is 7.38. The number of ether oxygens (including phenoxy) is 1. The molecular formula is C17H23NO3. The fraction of sp³-hybridized carbons (Fsp3) is 0.529. The molecule has 2 amide bonds. The Labute approximate surface area is 126 Å². The number of carbonyl (C=O) groups is 2. The van der Waals surface area contributed by atoms with Crippen LogP contribution < -0.4 is 0 Å². The van der Waals surface area contributed by atoms with Gasteiger partial charge < -0.3 is 4.74 Å². The molecular weight excluding hydrogens is 266 g/mol. The van der Waals surface area contributed by atoms with Crippen molar-refractivity contribution in [1.82, 2.24) is 4.90 Å². The van der Waals surface area contributed by atoms with E-state index in [0.29, 0.717) is 12.8 Å². The summed E-state index contributed by atoms with van der Waals surface area (Å²) < 4.78 is 5.37. The summed E-state index contributed by atoms with van der Waals surface area (Å²) in [6, 6.07) is 9.80. The molecule has 0 bridgehead atoms. The van der Waals surface area contributed by atoms with Crippen molar-refractivity contribution < 1.29 is 14.3 Å². The molecule has 0 radical (unpaired) electrons. The number of hydrogen-bond donors (Lipinski definition) is 0. The minimum absolute atomic E-state index is 0.121. The van der Waals surface area contributed by atoms with Gasteiger partial charge in [0.15, 0.2) is 0 Å². The lowest BCUT2D eigenvalue weighted by Crippen LogP contribution is -2.43. The quantitative estimate of drug-likeness (QED) is 0.838. The van der Waals surface area contributed by atoms with Gasteiger partial charge in [-0.3, -0.25) is 4.79 Å². The zero-order valence-electron chi connectivity index (χ0n) is 13.1. The van der Waals surface area contributed by atoms with Crippen molar-refractivity contribution in [2.24, 2.45) is 5.92 Å². The highest BCUT2D eigenvalue weighted by molar-refractivity contribution is 5.95. The molecule has 21 heavy (non-hydrogen) atoms. The molecule has 1 saturated heterocycles. The highest BCUT2D eigenvalue weighted by Crippen LogP contribution is 2.28. The largest absolute Gasteiger partial charge is 0.443 e. The van der Waals surface area contributed by atoms with Gasteiger partial charge in [-0.2, -0.15) is 0 Å². The molecule has 1 aromatic carbocycles. The highest BCUT2D eigenvalue weighted by Gasteiger charge is 2.42. The SMILES string of the molecule is C[C@H]1C[C@H](Cc2ccccc2)N(C(=O)OC(C)(C)C)C1=O. The van der Waals surface area contributed by atoms with E-state index in [4.69, 9.17) is 4.74 Å². The Balaban J connectivity index is 2.15. The third kappa shape index (κ3) is 3.84. The number of likely N-dealkylation sites (tertiary alicyclic amines) is 1. The molecule has 4 heteroatoms. The maximum absolute atomic E-state index is 12.3. The number of nitrogens with zero attached hydrogens (tertiary/aromatic N) is 1. The zero-order chi connectivity index (χ0) is 15.6. The topological polar surface area (TPSA) is 46.6 Å². The molecule has 1 heterocycles. The maximum atomic E-state index is 12.3. The summed E-state index contributed by atoms with van der Waals surface area (Å²) in [5, 5.41) is 0. The average molecular weight is 289 g/mol. The Kier molecular flexibility index (Phi) is 4.35. The Morgan fingerprint density at radius 2 is 1.90 bits per heavy atom. The molecule has 1 aromatic rings. The van der Waals surface area contributed by atoms with Crippen LogP contribution in [0, 0.1) is 5.92 Å². The Morgan fingerprint density at radius 3 is 2.48 bits per heavy atom. The highest BCUT2D eigenvalue weighted by atomic mass is 16.6. The van der Waals surface area contributed by atoms with Crippen LogP contribution >= 0.6 is 0 Å². The molecule has 1 aliphatic rings. The van der Waals surface area contributed by atoms with Crippen LogP contribution in [0.25, 0.3) is 0 Å². The van der Waals surface area contributed by atoms with E-state index in [1.165, 1.54) is 4.90 Å². The third-order valence-corrected chi connectivity index (χ3v) is 3.55. The molecule has 4 nitrogen and oxygen atoms in total. The van der Waals surface area contributed by atoms with Crippen LogP contribution in [0.4, 0.5) is 4.79 Å². The third-order valence-electron chi connectivity index (χ3n) is 3.55. The van der Waals surface area contributed by atoms with Crippen molar-refractivity contribution in [3.63, 3.8) is 0 Å². The normalized spacial score (nSPS) is 22.5. The van der Waals surface area contributed by atoms with Crippen LogP contribution in [0.5, 0.6) is 0 Å². The van der Waals surface area contributed by atoms with Gasteiger partial charge in [0.1, 0.15) is 5.60 Å². The Hall–Kier alpha value is -1.84. The predicted molar refractivity (Wildman–Crippen MR) is 80.8 cm³/mol. The molecule has 2 atom stereocenters. The van der Waals surface area contributed by atoms with Crippen LogP contribution in [0.3, 0.4) is 0 Å². The lowest BCUT2D eigenvalue weighted by atomic mass is 10.0. The smallest absolute Gasteiger partial charge is 0.417 e. The molecule has 0 saturated carbocycles. The summed E-state index contributed by atoms with van der Waals surface area (Å²) in [5.41, 5.74) is 0.526. The van der Waals surface area contributed by atoms with Crippen molar-refractivity contribution in [2.45, 2.75) is 52.2 Å². The number of imide groups is 1. The van der Waals surface area contributed by atoms with E-state index in [0.717, 1.165) is 5.56 Å². The van der Waals surface area contributed by atoms with Gasteiger partial charge in [-0.1, -0.05) is 37.3 Å². The fourth-order valence-electron chi connectivity index (χ4n) is 2.64. The van der Waals surface area contributed by atoms with E-state index in [9.17, 15) is 9.59 Å². The molecule has 114 valence electrons. The van der Waals surface area contributed by atoms with Crippen LogP contribution in [0.1, 0.15) is 39.7 Å². The Bertz CT molecular complexity index is 519. The van der Waals surface area contributed by atoms with Crippen molar-refractivity contribution in [3.8, 4) is 0 Å². The van der Waals surface area contributed by atoms with Crippen LogP contribution in [-0.4, -0.2) is 28.5 Å². The van der Waals surface area contributed by atoms with E-state index >= 15 is 0 Å². The van der Waals surface area contributed by atoms with Gasteiger partial charge in [-0.05, 0) is 39.2 Å². The van der Waals surface area contributed by atoms with Gasteiger partial charge in [0.25, 0.3) is 0 Å². The summed E-state index contributed by atoms with van der Waals surface area (Å²) in [4.78, 5) is 25.9. The minimum Gasteiger partial charge on any atom is -0.443 e. The molecule has 0 unspecified atom stereocenters. The van der Waals surface area contributed by atoms with Crippen molar-refractivity contribution in [2.75, 3.05) is 0 Å². The number of amides is 2. The average Bonchev–Trinajstić information content (AvgIpc) is 2.64. The Morgan fingerprint density at radius 1 is 1.29 bits per heavy atom. The first-order valence-corrected chi connectivity index (χ1v) is 7.38. The fourth-order valence-corrected chi connectivity index (χ4v) is 2.64. The van der Waals surface area contributed by atoms with Crippen LogP contribution in [0.2, 0.25) is 0 Å². The summed E-state index contributed by atoms with van der Waals surface area (Å²) >= 11 is 0. The zero-order valence-corrected chi connectivity index (χ0v) is 13.1. The number of carbonyl (C=O) groups excluding carboxylic acids is 2.